The molecule has 18 heavy (non-hydrogen) atoms. The average molecular weight is 245 g/mol. The Morgan fingerprint density at radius 1 is 1.33 bits per heavy atom. The van der Waals surface area contributed by atoms with E-state index in [-0.39, 0.29) is 11.2 Å². The van der Waals surface area contributed by atoms with E-state index in [0.717, 1.165) is 31.6 Å². The summed E-state index contributed by atoms with van der Waals surface area (Å²) < 4.78 is 13.7. The average Bonchev–Trinajstić information content (AvgIpc) is 2.42. The van der Waals surface area contributed by atoms with E-state index in [2.05, 4.69) is 13.0 Å². The molecule has 0 unspecified atom stereocenters. The van der Waals surface area contributed by atoms with Gasteiger partial charge >= 0.3 is 0 Å². The van der Waals surface area contributed by atoms with Crippen LogP contribution in [-0.2, 0) is 6.42 Å². The zero-order valence-electron chi connectivity index (χ0n) is 11.0. The van der Waals surface area contributed by atoms with Crippen LogP contribution in [0.2, 0.25) is 0 Å². The normalized spacial score (nSPS) is 27.7. The Labute approximate surface area is 109 Å². The first-order valence-electron chi connectivity index (χ1n) is 6.84. The molecule has 1 aromatic rings. The molecule has 0 aliphatic heterocycles. The van der Waals surface area contributed by atoms with Crippen LogP contribution in [0, 0.1) is 28.5 Å². The van der Waals surface area contributed by atoms with Crippen molar-refractivity contribution in [3.63, 3.8) is 0 Å². The number of hydrogen-bond donors (Lipinski definition) is 0. The molecule has 2 heteroatoms. The minimum atomic E-state index is -0.339. The van der Waals surface area contributed by atoms with Crippen molar-refractivity contribution in [3.05, 3.63) is 35.6 Å². The predicted molar refractivity (Wildman–Crippen MR) is 70.4 cm³/mol. The SMILES string of the molecule is CCC1CCC(C#N)(Cc2ccccc2F)CC1. The zero-order chi connectivity index (χ0) is 13.0. The minimum Gasteiger partial charge on any atom is -0.207 e. The van der Waals surface area contributed by atoms with E-state index < -0.39 is 0 Å². The van der Waals surface area contributed by atoms with Gasteiger partial charge in [0.15, 0.2) is 0 Å². The number of benzene rings is 1. The maximum Gasteiger partial charge on any atom is 0.126 e. The van der Waals surface area contributed by atoms with Crippen LogP contribution < -0.4 is 0 Å². The molecule has 2 rings (SSSR count). The first-order chi connectivity index (χ1) is 8.69. The van der Waals surface area contributed by atoms with Crippen LogP contribution in [0.15, 0.2) is 24.3 Å². The van der Waals surface area contributed by atoms with Crippen molar-refractivity contribution in [2.24, 2.45) is 11.3 Å². The van der Waals surface area contributed by atoms with E-state index in [1.165, 1.54) is 12.5 Å². The second kappa shape index (κ2) is 5.52. The second-order valence-corrected chi connectivity index (χ2v) is 5.51. The van der Waals surface area contributed by atoms with Gasteiger partial charge in [0, 0.05) is 0 Å². The Balaban J connectivity index is 2.11. The summed E-state index contributed by atoms with van der Waals surface area (Å²) in [5, 5.41) is 9.48. The monoisotopic (exact) mass is 245 g/mol. The highest BCUT2D eigenvalue weighted by Gasteiger charge is 2.35. The van der Waals surface area contributed by atoms with E-state index in [1.54, 1.807) is 12.1 Å². The van der Waals surface area contributed by atoms with Crippen molar-refractivity contribution < 1.29 is 4.39 Å². The fourth-order valence-electron chi connectivity index (χ4n) is 2.97. The van der Waals surface area contributed by atoms with Crippen LogP contribution >= 0.6 is 0 Å². The van der Waals surface area contributed by atoms with Crippen molar-refractivity contribution in [1.82, 2.24) is 0 Å². The maximum absolute atomic E-state index is 13.7. The first-order valence-corrected chi connectivity index (χ1v) is 6.84. The standard InChI is InChI=1S/C16H20FN/c1-2-13-7-9-16(12-18,10-8-13)11-14-5-3-4-6-15(14)17/h3-6,13H,2,7-11H2,1H3. The molecule has 0 amide bonds. The van der Waals surface area contributed by atoms with Gasteiger partial charge in [0.05, 0.1) is 11.5 Å². The second-order valence-electron chi connectivity index (χ2n) is 5.51. The third-order valence-electron chi connectivity index (χ3n) is 4.36. The Bertz CT molecular complexity index is 439. The lowest BCUT2D eigenvalue weighted by atomic mass is 9.68. The van der Waals surface area contributed by atoms with Crippen molar-refractivity contribution in [2.45, 2.75) is 45.4 Å². The molecule has 1 saturated carbocycles. The lowest BCUT2D eigenvalue weighted by molar-refractivity contribution is 0.204. The first kappa shape index (κ1) is 13.1. The van der Waals surface area contributed by atoms with E-state index >= 15 is 0 Å². The van der Waals surface area contributed by atoms with Crippen molar-refractivity contribution in [3.8, 4) is 6.07 Å². The number of nitriles is 1. The lowest BCUT2D eigenvalue weighted by Gasteiger charge is -2.34. The molecule has 1 aliphatic rings. The molecule has 0 radical (unpaired) electrons. The fourth-order valence-corrected chi connectivity index (χ4v) is 2.97. The molecule has 0 aromatic heterocycles. The molecule has 0 saturated heterocycles. The maximum atomic E-state index is 13.7. The molecule has 0 spiro atoms. The van der Waals surface area contributed by atoms with Crippen molar-refractivity contribution in [2.75, 3.05) is 0 Å². The van der Waals surface area contributed by atoms with Gasteiger partial charge in [-0.1, -0.05) is 31.5 Å². The summed E-state index contributed by atoms with van der Waals surface area (Å²) in [6.45, 7) is 2.21. The number of nitrogens with zero attached hydrogens (tertiary/aromatic N) is 1. The third-order valence-corrected chi connectivity index (χ3v) is 4.36. The summed E-state index contributed by atoms with van der Waals surface area (Å²) in [5.41, 5.74) is 0.349. The summed E-state index contributed by atoms with van der Waals surface area (Å²) in [4.78, 5) is 0. The van der Waals surface area contributed by atoms with Crippen LogP contribution in [0.4, 0.5) is 4.39 Å². The predicted octanol–water partition coefficient (Wildman–Crippen LogP) is 4.48. The van der Waals surface area contributed by atoms with Crippen LogP contribution in [0.3, 0.4) is 0 Å². The van der Waals surface area contributed by atoms with Gasteiger partial charge in [0.1, 0.15) is 5.82 Å². The topological polar surface area (TPSA) is 23.8 Å². The highest BCUT2D eigenvalue weighted by molar-refractivity contribution is 5.21. The Morgan fingerprint density at radius 2 is 2.00 bits per heavy atom. The van der Waals surface area contributed by atoms with Gasteiger partial charge in [-0.3, -0.25) is 0 Å². The summed E-state index contributed by atoms with van der Waals surface area (Å²) in [5.74, 6) is 0.580. The molecule has 96 valence electrons. The molecule has 1 fully saturated rings. The molecule has 0 heterocycles. The highest BCUT2D eigenvalue weighted by Crippen LogP contribution is 2.42. The Morgan fingerprint density at radius 3 is 2.56 bits per heavy atom. The number of halogens is 1. The molecular formula is C16H20FN. The van der Waals surface area contributed by atoms with Crippen LogP contribution in [0.25, 0.3) is 0 Å². The van der Waals surface area contributed by atoms with E-state index in [4.69, 9.17) is 0 Å². The van der Waals surface area contributed by atoms with Gasteiger partial charge in [0.25, 0.3) is 0 Å². The summed E-state index contributed by atoms with van der Waals surface area (Å²) in [6, 6.07) is 9.31. The zero-order valence-corrected chi connectivity index (χ0v) is 11.0. The Hall–Kier alpha value is -1.36. The van der Waals surface area contributed by atoms with Gasteiger partial charge in [-0.15, -0.1) is 0 Å². The number of hydrogen-bond acceptors (Lipinski definition) is 1. The molecule has 1 aliphatic carbocycles. The third kappa shape index (κ3) is 2.72. The molecule has 0 atom stereocenters. The van der Waals surface area contributed by atoms with Gasteiger partial charge < -0.3 is 0 Å². The molecule has 0 bridgehead atoms. The van der Waals surface area contributed by atoms with E-state index in [9.17, 15) is 9.65 Å². The number of rotatable bonds is 3. The minimum absolute atomic E-state index is 0.176. The van der Waals surface area contributed by atoms with Crippen LogP contribution in [0.5, 0.6) is 0 Å². The summed E-state index contributed by atoms with van der Waals surface area (Å²) in [7, 11) is 0. The van der Waals surface area contributed by atoms with E-state index in [1.807, 2.05) is 6.07 Å². The lowest BCUT2D eigenvalue weighted by Crippen LogP contribution is -2.28. The molecular weight excluding hydrogens is 225 g/mol. The Kier molecular flexibility index (Phi) is 4.01. The summed E-state index contributed by atoms with van der Waals surface area (Å²) >= 11 is 0. The highest BCUT2D eigenvalue weighted by atomic mass is 19.1. The van der Waals surface area contributed by atoms with Gasteiger partial charge in [0.2, 0.25) is 0 Å². The smallest absolute Gasteiger partial charge is 0.126 e. The molecule has 0 N–H and O–H groups in total. The largest absolute Gasteiger partial charge is 0.207 e. The van der Waals surface area contributed by atoms with Gasteiger partial charge in [-0.05, 0) is 49.7 Å². The van der Waals surface area contributed by atoms with Gasteiger partial charge in [-0.25, -0.2) is 4.39 Å². The van der Waals surface area contributed by atoms with Crippen molar-refractivity contribution in [1.29, 1.82) is 5.26 Å². The van der Waals surface area contributed by atoms with Crippen LogP contribution in [-0.4, -0.2) is 0 Å². The van der Waals surface area contributed by atoms with E-state index in [0.29, 0.717) is 12.0 Å². The summed E-state index contributed by atoms with van der Waals surface area (Å²) in [6.07, 6.45) is 5.80. The van der Waals surface area contributed by atoms with Gasteiger partial charge in [-0.2, -0.15) is 5.26 Å². The fraction of sp³-hybridized carbons (Fsp3) is 0.562. The molecule has 1 aromatic carbocycles. The van der Waals surface area contributed by atoms with Crippen molar-refractivity contribution >= 4 is 0 Å². The van der Waals surface area contributed by atoms with Crippen LogP contribution in [0.1, 0.15) is 44.6 Å². The quantitative estimate of drug-likeness (QED) is 0.770. The molecule has 1 nitrogen and oxygen atoms in total.